The first-order valence-corrected chi connectivity index (χ1v) is 24.8. The molecule has 6 aliphatic rings. The molecule has 460 valence electrons. The number of carbonyl (C=O) groups excluding carboxylic acids is 2. The van der Waals surface area contributed by atoms with Gasteiger partial charge in [-0.3, -0.25) is 31.2 Å². The molecular weight excluding hydrogens is 1080 g/mol. The minimum atomic E-state index is -2.39. The van der Waals surface area contributed by atoms with E-state index in [1.807, 2.05) is 0 Å². The van der Waals surface area contributed by atoms with Crippen molar-refractivity contribution in [3.8, 4) is 0 Å². The van der Waals surface area contributed by atoms with Gasteiger partial charge in [-0.05, 0) is 27.9 Å². The van der Waals surface area contributed by atoms with E-state index >= 15 is 0 Å². The molecule has 2 saturated carbocycles. The molecule has 0 radical (unpaired) electrons. The largest absolute Gasteiger partial charge is 0.394 e. The van der Waals surface area contributed by atoms with Gasteiger partial charge in [-0.15, -0.1) is 0 Å². The van der Waals surface area contributed by atoms with E-state index in [1.54, 1.807) is 0 Å². The highest BCUT2D eigenvalue weighted by molar-refractivity contribution is 5.76. The Morgan fingerprint density at radius 2 is 0.738 bits per heavy atom. The van der Waals surface area contributed by atoms with Gasteiger partial charge in [-0.25, -0.2) is 0 Å². The summed E-state index contributed by atoms with van der Waals surface area (Å²) < 4.78 is 45.9. The van der Waals surface area contributed by atoms with Gasteiger partial charge in [0.25, 0.3) is 0 Å². The van der Waals surface area contributed by atoms with E-state index in [4.69, 9.17) is 82.5 Å². The van der Waals surface area contributed by atoms with Gasteiger partial charge in [0.05, 0.1) is 73.9 Å². The first-order valence-electron chi connectivity index (χ1n) is 24.8. The molecule has 4 saturated heterocycles. The predicted octanol–water partition coefficient (Wildman–Crippen LogP) is -15.5. The number of ether oxygens (including phenoxy) is 8. The van der Waals surface area contributed by atoms with Crippen LogP contribution in [0.25, 0.3) is 0 Å². The van der Waals surface area contributed by atoms with Gasteiger partial charge in [-0.2, -0.15) is 0 Å². The van der Waals surface area contributed by atoms with Crippen molar-refractivity contribution in [3.63, 3.8) is 0 Å². The fourth-order valence-electron chi connectivity index (χ4n) is 10.4. The van der Waals surface area contributed by atoms with Gasteiger partial charge in [0.2, 0.25) is 0 Å². The van der Waals surface area contributed by atoms with E-state index < -0.39 is 220 Å². The molecule has 6 fully saturated rings. The van der Waals surface area contributed by atoms with Crippen molar-refractivity contribution in [3.05, 3.63) is 0 Å². The second-order valence-corrected chi connectivity index (χ2v) is 19.9. The molecule has 0 unspecified atom stereocenters. The zero-order chi connectivity index (χ0) is 60.2. The lowest BCUT2D eigenvalue weighted by molar-refractivity contribution is -0.314. The Hall–Kier alpha value is -4.54. The van der Waals surface area contributed by atoms with Crippen molar-refractivity contribution < 1.29 is 119 Å². The number of guanidine groups is 4. The molecule has 0 amide bonds. The first-order chi connectivity index (χ1) is 37.4. The van der Waals surface area contributed by atoms with E-state index in [0.717, 1.165) is 0 Å². The number of aliphatic hydroxyl groups excluding tert-OH is 12. The SMILES string of the molecule is CN[C@@H]1[C@H](O[C@H]2[C@H](O[C@H]3[C@H](O)[C@@H](O)[C@H](NC(=N)N)[C@@H](O)[C@@H]3NC(=N)N)O[C@@H](C)[C@]2(O)C=O)O[C@@H](CO)[C@H](O)[C@H]1O.CN[C@@H]1[C@H](O[C@H]2[C@H](O[C@H]3[C@H](O)[C@@H](O)[C@H](NC(=N)N)[C@@H](O)[C@@H]3NC(=N)N)O[C@@H](C)[C@]2(O)C=O)O[C@@H](CO)[C@H](O)[C@H]1O. The lowest BCUT2D eigenvalue weighted by atomic mass is 9.81. The van der Waals surface area contributed by atoms with Crippen molar-refractivity contribution in [2.75, 3.05) is 27.3 Å². The Labute approximate surface area is 454 Å². The Bertz CT molecular complexity index is 1980. The fourth-order valence-corrected chi connectivity index (χ4v) is 10.4. The van der Waals surface area contributed by atoms with Gasteiger partial charge < -0.3 is 164 Å². The standard InChI is InChI=1S/2C21H39N7O12/c2*1-5-21(36,4-30)16(40-17-9(26-2)13(34)10(31)6(3-29)38-17)18(37-5)39-15-8(28-20(24)25)11(32)7(27-19(22)23)12(33)14(15)35/h2*4-18,26,29,31-36H,3H2,1-2H3,(H4,22,23,27)(H4,24,25,28)/t2*5-,6-,7+,8-,9-,10-,11+,12-,13-,14+,15+,16-,17-,18-,21+/m00/s1. The van der Waals surface area contributed by atoms with Crippen LogP contribution in [0.1, 0.15) is 13.8 Å². The van der Waals surface area contributed by atoms with Crippen LogP contribution in [-0.4, -0.2) is 318 Å². The molecule has 38 nitrogen and oxygen atoms in total. The van der Waals surface area contributed by atoms with E-state index in [0.29, 0.717) is 0 Å². The molecule has 38 heteroatoms. The minimum absolute atomic E-state index is 0.136. The molecule has 32 N–H and O–H groups in total. The molecule has 80 heavy (non-hydrogen) atoms. The third kappa shape index (κ3) is 13.4. The van der Waals surface area contributed by atoms with Gasteiger partial charge in [0.1, 0.15) is 85.5 Å². The van der Waals surface area contributed by atoms with Crippen molar-refractivity contribution in [2.45, 2.75) is 196 Å². The molecule has 0 spiro atoms. The number of hydrogen-bond donors (Lipinski definition) is 28. The second kappa shape index (κ2) is 27.2. The zero-order valence-corrected chi connectivity index (χ0v) is 43.4. The van der Waals surface area contributed by atoms with Crippen LogP contribution in [0.5, 0.6) is 0 Å². The number of nitrogens with two attached hydrogens (primary N) is 4. The third-order valence-electron chi connectivity index (χ3n) is 14.9. The minimum Gasteiger partial charge on any atom is -0.394 e. The topological polar surface area (TPSA) is 663 Å². The summed E-state index contributed by atoms with van der Waals surface area (Å²) in [6, 6.07) is -7.91. The molecule has 0 aromatic heterocycles. The summed E-state index contributed by atoms with van der Waals surface area (Å²) in [5.41, 5.74) is 16.8. The molecule has 0 aromatic rings. The molecule has 4 heterocycles. The maximum atomic E-state index is 12.1. The maximum Gasteiger partial charge on any atom is 0.188 e. The van der Waals surface area contributed by atoms with Crippen LogP contribution in [-0.2, 0) is 47.5 Å². The Balaban J connectivity index is 0.000000294. The molecule has 0 aromatic carbocycles. The summed E-state index contributed by atoms with van der Waals surface area (Å²) in [7, 11) is 2.83. The van der Waals surface area contributed by atoms with Gasteiger partial charge in [-0.1, -0.05) is 0 Å². The van der Waals surface area contributed by atoms with Crippen molar-refractivity contribution in [1.29, 1.82) is 21.6 Å². The van der Waals surface area contributed by atoms with Gasteiger partial charge >= 0.3 is 0 Å². The van der Waals surface area contributed by atoms with Crippen molar-refractivity contribution in [1.82, 2.24) is 31.9 Å². The number of aldehydes is 2. The smallest absolute Gasteiger partial charge is 0.188 e. The monoisotopic (exact) mass is 1160 g/mol. The number of hydrogen-bond acceptors (Lipinski definition) is 30. The lowest BCUT2D eigenvalue weighted by Crippen LogP contribution is -2.73. The highest BCUT2D eigenvalue weighted by atomic mass is 16.8. The van der Waals surface area contributed by atoms with E-state index in [-0.39, 0.29) is 12.6 Å². The van der Waals surface area contributed by atoms with E-state index in [9.17, 15) is 81.1 Å². The number of aliphatic hydroxyl groups is 14. The average molecular weight is 1160 g/mol. The first kappa shape index (κ1) is 66.3. The van der Waals surface area contributed by atoms with Crippen LogP contribution < -0.4 is 54.8 Å². The zero-order valence-electron chi connectivity index (χ0n) is 43.4. The molecule has 2 aliphatic carbocycles. The summed E-state index contributed by atoms with van der Waals surface area (Å²) in [4.78, 5) is 24.1. The Morgan fingerprint density at radius 3 is 1.00 bits per heavy atom. The van der Waals surface area contributed by atoms with Crippen LogP contribution in [0.4, 0.5) is 0 Å². The Kier molecular flexibility index (Phi) is 22.6. The molecule has 4 aliphatic heterocycles. The van der Waals surface area contributed by atoms with Crippen molar-refractivity contribution in [2.24, 2.45) is 22.9 Å². The third-order valence-corrected chi connectivity index (χ3v) is 14.9. The summed E-state index contributed by atoms with van der Waals surface area (Å²) in [5.74, 6) is -2.57. The quantitative estimate of drug-likeness (QED) is 0.0344. The summed E-state index contributed by atoms with van der Waals surface area (Å²) in [5, 5.41) is 193. The van der Waals surface area contributed by atoms with E-state index in [2.05, 4.69) is 31.9 Å². The summed E-state index contributed by atoms with van der Waals surface area (Å²) in [6.45, 7) is 1.23. The number of carbonyl (C=O) groups is 2. The fraction of sp³-hybridized carbons (Fsp3) is 0.857. The van der Waals surface area contributed by atoms with Crippen LogP contribution in [0.2, 0.25) is 0 Å². The predicted molar refractivity (Wildman–Crippen MR) is 263 cm³/mol. The van der Waals surface area contributed by atoms with Crippen LogP contribution in [0.3, 0.4) is 0 Å². The molecular formula is C42H78N14O24. The highest BCUT2D eigenvalue weighted by Gasteiger charge is 2.63. The van der Waals surface area contributed by atoms with Crippen LogP contribution in [0.15, 0.2) is 0 Å². The lowest BCUT2D eigenvalue weighted by Gasteiger charge is -2.47. The van der Waals surface area contributed by atoms with E-state index in [1.165, 1.54) is 27.9 Å². The maximum absolute atomic E-state index is 12.1. The average Bonchev–Trinajstić information content (AvgIpc) is 3.83. The second-order valence-electron chi connectivity index (χ2n) is 19.9. The highest BCUT2D eigenvalue weighted by Crippen LogP contribution is 2.40. The number of likely N-dealkylation sites (N-methyl/N-ethyl adjacent to an activating group) is 2. The number of nitrogens with one attached hydrogen (secondary N) is 10. The number of rotatable bonds is 18. The van der Waals surface area contributed by atoms with Gasteiger partial charge in [0.15, 0.2) is 72.8 Å². The Morgan fingerprint density at radius 1 is 0.450 bits per heavy atom. The van der Waals surface area contributed by atoms with Crippen molar-refractivity contribution >= 4 is 36.4 Å². The molecule has 30 atom stereocenters. The summed E-state index contributed by atoms with van der Waals surface area (Å²) >= 11 is 0. The van der Waals surface area contributed by atoms with Crippen LogP contribution in [0, 0.1) is 21.6 Å². The van der Waals surface area contributed by atoms with Crippen LogP contribution >= 0.6 is 0 Å². The normalized spacial score (nSPS) is 47.4. The summed E-state index contributed by atoms with van der Waals surface area (Å²) in [6.07, 6.45) is -34.6. The molecule has 0 bridgehead atoms. The van der Waals surface area contributed by atoms with Gasteiger partial charge in [0, 0.05) is 0 Å². The molecule has 6 rings (SSSR count).